The van der Waals surface area contributed by atoms with Crippen LogP contribution in [0.1, 0.15) is 78.6 Å². The van der Waals surface area contributed by atoms with E-state index in [1.54, 1.807) is 6.07 Å². The first-order valence-corrected chi connectivity index (χ1v) is 16.3. The third kappa shape index (κ3) is 5.45. The molecule has 0 aliphatic carbocycles. The zero-order valence-electron chi connectivity index (χ0n) is 25.0. The summed E-state index contributed by atoms with van der Waals surface area (Å²) in [5, 5.41) is 10.1. The molecule has 0 saturated carbocycles. The van der Waals surface area contributed by atoms with E-state index in [0.29, 0.717) is 41.8 Å². The van der Waals surface area contributed by atoms with Crippen molar-refractivity contribution in [2.45, 2.75) is 101 Å². The maximum absolute atomic E-state index is 15.5. The van der Waals surface area contributed by atoms with Crippen LogP contribution in [0.4, 0.5) is 15.0 Å². The Kier molecular flexibility index (Phi) is 8.06. The van der Waals surface area contributed by atoms with Gasteiger partial charge in [-0.05, 0) is 120 Å². The standard InChI is InChI=1S/C31H43BrFN5O4/c1-29(2,3)42-28(40)38-21-10-14-30(38,11-4-5-17-39)19-36(18-21)26-22-8-9-23(32)24(33)25(22)34-27(35-26)41-20-31-12-6-15-37(31)16-7-13-31/h8-9,21,39H,4-7,10-20H2,1-3H3/t21?,30-/m0/s1. The second kappa shape index (κ2) is 11.4. The maximum Gasteiger partial charge on any atom is 0.411 e. The average molecular weight is 649 g/mol. The first kappa shape index (κ1) is 29.8. The van der Waals surface area contributed by atoms with E-state index in [2.05, 4.69) is 30.7 Å². The lowest BCUT2D eigenvalue weighted by molar-refractivity contribution is -0.00897. The molecule has 1 amide bonds. The summed E-state index contributed by atoms with van der Waals surface area (Å²) in [5.41, 5.74) is -0.829. The number of unbranched alkanes of at least 4 members (excludes halogenated alkanes) is 1. The molecule has 0 spiro atoms. The molecule has 6 rings (SSSR count). The van der Waals surface area contributed by atoms with E-state index in [-0.39, 0.29) is 35.8 Å². The Morgan fingerprint density at radius 2 is 1.90 bits per heavy atom. The van der Waals surface area contributed by atoms with Gasteiger partial charge in [-0.3, -0.25) is 9.80 Å². The number of rotatable bonds is 8. The van der Waals surface area contributed by atoms with Crippen LogP contribution in [-0.4, -0.2) is 93.1 Å². The van der Waals surface area contributed by atoms with E-state index >= 15 is 4.39 Å². The van der Waals surface area contributed by atoms with E-state index in [1.807, 2.05) is 31.7 Å². The minimum atomic E-state index is -0.603. The van der Waals surface area contributed by atoms with Crippen molar-refractivity contribution < 1.29 is 23.8 Å². The summed E-state index contributed by atoms with van der Waals surface area (Å²) in [6.07, 6.45) is 8.10. The van der Waals surface area contributed by atoms with E-state index in [0.717, 1.165) is 64.5 Å². The number of anilines is 1. The molecule has 4 fully saturated rings. The van der Waals surface area contributed by atoms with Crippen LogP contribution in [0, 0.1) is 5.82 Å². The summed E-state index contributed by atoms with van der Waals surface area (Å²) in [5.74, 6) is 0.200. The summed E-state index contributed by atoms with van der Waals surface area (Å²) >= 11 is 3.34. The van der Waals surface area contributed by atoms with Gasteiger partial charge in [-0.1, -0.05) is 0 Å². The summed E-state index contributed by atoms with van der Waals surface area (Å²) in [6.45, 7) is 9.55. The second-order valence-corrected chi connectivity index (χ2v) is 14.5. The van der Waals surface area contributed by atoms with Crippen LogP contribution in [0.3, 0.4) is 0 Å². The van der Waals surface area contributed by atoms with Crippen molar-refractivity contribution in [3.63, 3.8) is 0 Å². The molecule has 1 aromatic carbocycles. The van der Waals surface area contributed by atoms with Crippen LogP contribution >= 0.6 is 15.9 Å². The number of benzene rings is 1. The summed E-state index contributed by atoms with van der Waals surface area (Å²) in [4.78, 5) is 29.7. The van der Waals surface area contributed by atoms with Crippen molar-refractivity contribution >= 4 is 38.7 Å². The lowest BCUT2D eigenvalue weighted by Gasteiger charge is -2.49. The zero-order valence-corrected chi connectivity index (χ0v) is 26.6. The normalized spacial score (nSPS) is 25.3. The van der Waals surface area contributed by atoms with Crippen LogP contribution in [0.2, 0.25) is 0 Å². The van der Waals surface area contributed by atoms with Crippen LogP contribution < -0.4 is 9.64 Å². The van der Waals surface area contributed by atoms with Gasteiger partial charge in [0, 0.05) is 25.1 Å². The van der Waals surface area contributed by atoms with Crippen molar-refractivity contribution in [3.8, 4) is 6.01 Å². The highest BCUT2D eigenvalue weighted by molar-refractivity contribution is 9.10. The number of aliphatic hydroxyl groups is 1. The van der Waals surface area contributed by atoms with Crippen molar-refractivity contribution in [1.29, 1.82) is 0 Å². The average Bonchev–Trinajstić information content (AvgIpc) is 3.58. The third-order valence-electron chi connectivity index (χ3n) is 9.68. The number of carbonyl (C=O) groups is 1. The Morgan fingerprint density at radius 1 is 1.14 bits per heavy atom. The fourth-order valence-corrected chi connectivity index (χ4v) is 8.17. The highest BCUT2D eigenvalue weighted by Gasteiger charge is 2.54. The number of carbonyl (C=O) groups excluding carboxylic acids is 1. The molecule has 4 aliphatic heterocycles. The molecule has 2 atom stereocenters. The number of amides is 1. The number of halogens is 2. The van der Waals surface area contributed by atoms with Gasteiger partial charge in [0.25, 0.3) is 0 Å². The smallest absolute Gasteiger partial charge is 0.411 e. The minimum Gasteiger partial charge on any atom is -0.461 e. The molecular weight excluding hydrogens is 605 g/mol. The number of hydrogen-bond acceptors (Lipinski definition) is 8. The number of aromatic nitrogens is 2. The van der Waals surface area contributed by atoms with Gasteiger partial charge in [-0.15, -0.1) is 0 Å². The molecule has 0 radical (unpaired) electrons. The lowest BCUT2D eigenvalue weighted by atomic mass is 9.88. The molecule has 2 bridgehead atoms. The number of hydrogen-bond donors (Lipinski definition) is 1. The first-order chi connectivity index (χ1) is 20.0. The molecular formula is C31H43BrFN5O4. The molecule has 42 heavy (non-hydrogen) atoms. The van der Waals surface area contributed by atoms with E-state index in [4.69, 9.17) is 14.5 Å². The first-order valence-electron chi connectivity index (χ1n) is 15.5. The van der Waals surface area contributed by atoms with Gasteiger partial charge < -0.3 is 19.5 Å². The predicted octanol–water partition coefficient (Wildman–Crippen LogP) is 5.66. The Hall–Kier alpha value is -2.24. The number of aliphatic hydroxyl groups excluding tert-OH is 1. The number of ether oxygens (including phenoxy) is 2. The fourth-order valence-electron chi connectivity index (χ4n) is 7.85. The quantitative estimate of drug-likeness (QED) is 0.367. The fraction of sp³-hybridized carbons (Fsp3) is 0.710. The number of nitrogens with zero attached hydrogens (tertiary/aromatic N) is 5. The van der Waals surface area contributed by atoms with Crippen molar-refractivity contribution in [2.24, 2.45) is 0 Å². The minimum absolute atomic E-state index is 0.0171. The van der Waals surface area contributed by atoms with Crippen LogP contribution in [-0.2, 0) is 4.74 Å². The molecule has 4 aliphatic rings. The molecule has 230 valence electrons. The zero-order chi connectivity index (χ0) is 29.7. The van der Waals surface area contributed by atoms with Gasteiger partial charge in [0.2, 0.25) is 0 Å². The number of piperazine rings is 1. The van der Waals surface area contributed by atoms with Gasteiger partial charge >= 0.3 is 12.1 Å². The van der Waals surface area contributed by atoms with Gasteiger partial charge in [-0.2, -0.15) is 9.97 Å². The summed E-state index contributed by atoms with van der Waals surface area (Å²) in [6, 6.07) is 3.68. The van der Waals surface area contributed by atoms with Crippen LogP contribution in [0.5, 0.6) is 6.01 Å². The Morgan fingerprint density at radius 3 is 2.62 bits per heavy atom. The van der Waals surface area contributed by atoms with Crippen molar-refractivity contribution in [3.05, 3.63) is 22.4 Å². The summed E-state index contributed by atoms with van der Waals surface area (Å²) < 4.78 is 28.1. The largest absolute Gasteiger partial charge is 0.461 e. The van der Waals surface area contributed by atoms with E-state index < -0.39 is 17.0 Å². The van der Waals surface area contributed by atoms with Crippen molar-refractivity contribution in [2.75, 3.05) is 44.3 Å². The van der Waals surface area contributed by atoms with Crippen LogP contribution in [0.15, 0.2) is 16.6 Å². The molecule has 9 nitrogen and oxygen atoms in total. The molecule has 4 saturated heterocycles. The molecule has 5 heterocycles. The Labute approximate surface area is 255 Å². The molecule has 2 aromatic rings. The van der Waals surface area contributed by atoms with Gasteiger partial charge in [-0.25, -0.2) is 9.18 Å². The summed E-state index contributed by atoms with van der Waals surface area (Å²) in [7, 11) is 0. The molecule has 1 N–H and O–H groups in total. The van der Waals surface area contributed by atoms with Crippen molar-refractivity contribution in [1.82, 2.24) is 19.8 Å². The monoisotopic (exact) mass is 647 g/mol. The SMILES string of the molecule is CC(C)(C)OC(=O)N1C2CC[C@@]1(CCCCO)CN(c1nc(OCC34CCCN3CCC4)nc3c(F)c(Br)ccc13)C2. The Balaban J connectivity index is 1.35. The molecule has 1 unspecified atom stereocenters. The maximum atomic E-state index is 15.5. The second-order valence-electron chi connectivity index (χ2n) is 13.6. The predicted molar refractivity (Wildman–Crippen MR) is 162 cm³/mol. The molecule has 11 heteroatoms. The van der Waals surface area contributed by atoms with Gasteiger partial charge in [0.15, 0.2) is 5.82 Å². The highest BCUT2D eigenvalue weighted by Crippen LogP contribution is 2.46. The number of fused-ring (bicyclic) bond motifs is 4. The Bertz CT molecular complexity index is 1330. The molecule has 1 aromatic heterocycles. The van der Waals surface area contributed by atoms with E-state index in [9.17, 15) is 9.90 Å². The topological polar surface area (TPSA) is 91.3 Å². The highest BCUT2D eigenvalue weighted by atomic mass is 79.9. The lowest BCUT2D eigenvalue weighted by Crippen LogP contribution is -2.64. The third-order valence-corrected chi connectivity index (χ3v) is 10.3. The van der Waals surface area contributed by atoms with Crippen LogP contribution in [0.25, 0.3) is 10.9 Å². The van der Waals surface area contributed by atoms with Gasteiger partial charge in [0.05, 0.1) is 21.6 Å². The van der Waals surface area contributed by atoms with Gasteiger partial charge in [0.1, 0.15) is 23.5 Å². The van der Waals surface area contributed by atoms with E-state index in [1.165, 1.54) is 0 Å².